The number of nitrogens with zero attached hydrogens (tertiary/aromatic N) is 1. The Morgan fingerprint density at radius 1 is 0.976 bits per heavy atom. The lowest BCUT2D eigenvalue weighted by molar-refractivity contribution is -0.147. The van der Waals surface area contributed by atoms with E-state index in [0.717, 1.165) is 16.7 Å². The van der Waals surface area contributed by atoms with Crippen molar-refractivity contribution >= 4 is 29.5 Å². The minimum absolute atomic E-state index is 0.0234. The standard InChI is InChI=1S/C32H37N3O5S/c1-20-13-15-23(16-14-20)18-33-30(39)28-32(3,4)41-19-35(28)31(40)27(37)25(17-22-9-6-5-7-10-22)34-29(38)24-11-8-12-26(36)21(24)2/h5-16,25,27-28,36-37H,17-19H2,1-4H3,(H,33,39)(H,34,38)/t25-,27-,28+/m0/s1. The second-order valence-electron chi connectivity index (χ2n) is 11.0. The van der Waals surface area contributed by atoms with Crippen LogP contribution in [0.3, 0.4) is 0 Å². The highest BCUT2D eigenvalue weighted by Gasteiger charge is 2.49. The predicted octanol–water partition coefficient (Wildman–Crippen LogP) is 3.71. The summed E-state index contributed by atoms with van der Waals surface area (Å²) in [4.78, 5) is 41.9. The molecular formula is C32H37N3O5S. The number of hydrogen-bond donors (Lipinski definition) is 4. The van der Waals surface area contributed by atoms with E-state index < -0.39 is 34.7 Å². The van der Waals surface area contributed by atoms with E-state index in [1.807, 2.05) is 75.4 Å². The van der Waals surface area contributed by atoms with Crippen LogP contribution in [0, 0.1) is 13.8 Å². The summed E-state index contributed by atoms with van der Waals surface area (Å²) in [5, 5.41) is 27.3. The predicted molar refractivity (Wildman–Crippen MR) is 160 cm³/mol. The number of benzene rings is 3. The third-order valence-electron chi connectivity index (χ3n) is 7.46. The zero-order valence-electron chi connectivity index (χ0n) is 23.8. The number of hydrogen-bond acceptors (Lipinski definition) is 6. The van der Waals surface area contributed by atoms with Crippen LogP contribution in [-0.4, -0.2) is 61.6 Å². The molecule has 3 aromatic carbocycles. The second kappa shape index (κ2) is 12.8. The van der Waals surface area contributed by atoms with Gasteiger partial charge in [0.25, 0.3) is 11.8 Å². The van der Waals surface area contributed by atoms with E-state index in [1.165, 1.54) is 22.7 Å². The number of carbonyl (C=O) groups is 3. The molecule has 41 heavy (non-hydrogen) atoms. The van der Waals surface area contributed by atoms with Gasteiger partial charge >= 0.3 is 0 Å². The number of phenols is 1. The van der Waals surface area contributed by atoms with Crippen molar-refractivity contribution in [2.24, 2.45) is 0 Å². The summed E-state index contributed by atoms with van der Waals surface area (Å²) in [6.45, 7) is 7.74. The van der Waals surface area contributed by atoms with Crippen molar-refractivity contribution in [3.63, 3.8) is 0 Å². The fourth-order valence-electron chi connectivity index (χ4n) is 4.97. The van der Waals surface area contributed by atoms with Crippen molar-refractivity contribution in [1.29, 1.82) is 0 Å². The van der Waals surface area contributed by atoms with Crippen LogP contribution in [0.5, 0.6) is 5.75 Å². The summed E-state index contributed by atoms with van der Waals surface area (Å²) in [7, 11) is 0. The first-order chi connectivity index (χ1) is 19.5. The molecule has 0 saturated carbocycles. The molecular weight excluding hydrogens is 538 g/mol. The third kappa shape index (κ3) is 7.10. The number of rotatable bonds is 9. The Kier molecular flexibility index (Phi) is 9.40. The van der Waals surface area contributed by atoms with E-state index in [2.05, 4.69) is 10.6 Å². The maximum atomic E-state index is 13.8. The van der Waals surface area contributed by atoms with Crippen LogP contribution in [0.25, 0.3) is 0 Å². The van der Waals surface area contributed by atoms with Gasteiger partial charge in [-0.2, -0.15) is 0 Å². The van der Waals surface area contributed by atoms with Gasteiger partial charge in [0.2, 0.25) is 5.91 Å². The largest absolute Gasteiger partial charge is 0.508 e. The first-order valence-corrected chi connectivity index (χ1v) is 14.6. The Morgan fingerprint density at radius 3 is 2.34 bits per heavy atom. The summed E-state index contributed by atoms with van der Waals surface area (Å²) < 4.78 is -0.594. The molecule has 1 aliphatic heterocycles. The van der Waals surface area contributed by atoms with Gasteiger partial charge in [-0.05, 0) is 57.4 Å². The van der Waals surface area contributed by atoms with E-state index in [-0.39, 0.29) is 29.5 Å². The molecule has 1 saturated heterocycles. The van der Waals surface area contributed by atoms with E-state index in [9.17, 15) is 24.6 Å². The van der Waals surface area contributed by atoms with Gasteiger partial charge < -0.3 is 25.7 Å². The number of amides is 3. The van der Waals surface area contributed by atoms with Gasteiger partial charge in [0.1, 0.15) is 11.8 Å². The SMILES string of the molecule is Cc1ccc(CNC(=O)[C@H]2N(C(=O)[C@@H](O)[C@H](Cc3ccccc3)NC(=O)c3cccc(O)c3C)CSC2(C)C)cc1. The molecule has 1 fully saturated rings. The number of thioether (sulfide) groups is 1. The quantitative estimate of drug-likeness (QED) is 0.309. The van der Waals surface area contributed by atoms with Crippen LogP contribution in [0.15, 0.2) is 72.8 Å². The summed E-state index contributed by atoms with van der Waals surface area (Å²) in [6.07, 6.45) is -1.43. The molecule has 4 N–H and O–H groups in total. The lowest BCUT2D eigenvalue weighted by atomic mass is 9.96. The molecule has 1 heterocycles. The fraction of sp³-hybridized carbons (Fsp3) is 0.344. The molecule has 3 amide bonds. The summed E-state index contributed by atoms with van der Waals surface area (Å²) in [5.74, 6) is -1.25. The molecule has 0 unspecified atom stereocenters. The summed E-state index contributed by atoms with van der Waals surface area (Å²) in [6, 6.07) is 19.9. The zero-order valence-corrected chi connectivity index (χ0v) is 24.6. The maximum Gasteiger partial charge on any atom is 0.254 e. The molecule has 0 bridgehead atoms. The van der Waals surface area contributed by atoms with E-state index in [1.54, 1.807) is 19.1 Å². The highest BCUT2D eigenvalue weighted by molar-refractivity contribution is 8.00. The molecule has 1 aliphatic rings. The molecule has 8 nitrogen and oxygen atoms in total. The van der Waals surface area contributed by atoms with Gasteiger partial charge in [-0.3, -0.25) is 14.4 Å². The Bertz CT molecular complexity index is 1390. The third-order valence-corrected chi connectivity index (χ3v) is 8.84. The first-order valence-electron chi connectivity index (χ1n) is 13.6. The van der Waals surface area contributed by atoms with E-state index in [0.29, 0.717) is 12.1 Å². The highest BCUT2D eigenvalue weighted by Crippen LogP contribution is 2.40. The molecule has 216 valence electrons. The molecule has 0 radical (unpaired) electrons. The number of aliphatic hydroxyl groups excluding tert-OH is 1. The number of aliphatic hydroxyl groups is 1. The Balaban J connectivity index is 1.55. The van der Waals surface area contributed by atoms with Gasteiger partial charge in [0, 0.05) is 22.4 Å². The minimum Gasteiger partial charge on any atom is -0.508 e. The van der Waals surface area contributed by atoms with Gasteiger partial charge in [-0.25, -0.2) is 0 Å². The van der Waals surface area contributed by atoms with Crippen LogP contribution >= 0.6 is 11.8 Å². The topological polar surface area (TPSA) is 119 Å². The Morgan fingerprint density at radius 2 is 1.66 bits per heavy atom. The summed E-state index contributed by atoms with van der Waals surface area (Å²) >= 11 is 1.46. The van der Waals surface area contributed by atoms with Crippen LogP contribution < -0.4 is 10.6 Å². The molecule has 3 atom stereocenters. The lowest BCUT2D eigenvalue weighted by Crippen LogP contribution is -2.58. The first kappa shape index (κ1) is 30.1. The van der Waals surface area contributed by atoms with Crippen LogP contribution in [0.2, 0.25) is 0 Å². The van der Waals surface area contributed by atoms with Gasteiger partial charge in [0.15, 0.2) is 6.10 Å². The molecule has 3 aromatic rings. The van der Waals surface area contributed by atoms with Crippen molar-refractivity contribution in [3.8, 4) is 5.75 Å². The zero-order chi connectivity index (χ0) is 29.7. The highest BCUT2D eigenvalue weighted by atomic mass is 32.2. The average molecular weight is 576 g/mol. The van der Waals surface area contributed by atoms with Crippen LogP contribution in [0.1, 0.15) is 46.5 Å². The van der Waals surface area contributed by atoms with Crippen molar-refractivity contribution in [2.45, 2.75) is 63.6 Å². The molecule has 0 aliphatic carbocycles. The van der Waals surface area contributed by atoms with Crippen molar-refractivity contribution in [2.75, 3.05) is 5.88 Å². The van der Waals surface area contributed by atoms with Crippen LogP contribution in [-0.2, 0) is 22.6 Å². The molecule has 4 rings (SSSR count). The van der Waals surface area contributed by atoms with E-state index >= 15 is 0 Å². The number of aromatic hydroxyl groups is 1. The van der Waals surface area contributed by atoms with Crippen molar-refractivity contribution < 1.29 is 24.6 Å². The van der Waals surface area contributed by atoms with E-state index in [4.69, 9.17) is 0 Å². The second-order valence-corrected chi connectivity index (χ2v) is 12.6. The van der Waals surface area contributed by atoms with Gasteiger partial charge in [-0.1, -0.05) is 66.2 Å². The smallest absolute Gasteiger partial charge is 0.254 e. The van der Waals surface area contributed by atoms with Gasteiger partial charge in [-0.15, -0.1) is 11.8 Å². The number of nitrogens with one attached hydrogen (secondary N) is 2. The minimum atomic E-state index is -1.61. The average Bonchev–Trinajstić information content (AvgIpc) is 3.28. The van der Waals surface area contributed by atoms with Gasteiger partial charge in [0.05, 0.1) is 11.9 Å². The summed E-state index contributed by atoms with van der Waals surface area (Å²) in [5.41, 5.74) is 3.52. The fourth-order valence-corrected chi connectivity index (χ4v) is 6.11. The number of carbonyl (C=O) groups excluding carboxylic acids is 3. The monoisotopic (exact) mass is 575 g/mol. The number of phenolic OH excluding ortho intramolecular Hbond substituents is 1. The molecule has 9 heteroatoms. The van der Waals surface area contributed by atoms with Crippen LogP contribution in [0.4, 0.5) is 0 Å². The van der Waals surface area contributed by atoms with Crippen molar-refractivity contribution in [1.82, 2.24) is 15.5 Å². The number of aryl methyl sites for hydroxylation is 1. The normalized spacial score (nSPS) is 17.5. The molecule has 0 aromatic heterocycles. The Hall–Kier alpha value is -3.82. The lowest BCUT2D eigenvalue weighted by Gasteiger charge is -2.33. The molecule has 0 spiro atoms. The van der Waals surface area contributed by atoms with Crippen molar-refractivity contribution in [3.05, 3.63) is 101 Å². The maximum absolute atomic E-state index is 13.8. The Labute approximate surface area is 245 Å².